The van der Waals surface area contributed by atoms with Crippen molar-refractivity contribution >= 4 is 11.0 Å². The molecule has 0 unspecified atom stereocenters. The maximum absolute atomic E-state index is 5.30. The van der Waals surface area contributed by atoms with Crippen molar-refractivity contribution in [1.82, 2.24) is 24.6 Å². The van der Waals surface area contributed by atoms with Crippen LogP contribution in [0.4, 0.5) is 0 Å². The molecule has 24 heavy (non-hydrogen) atoms. The van der Waals surface area contributed by atoms with E-state index in [1.54, 1.807) is 18.4 Å². The number of imidazole rings is 1. The zero-order valence-corrected chi connectivity index (χ0v) is 13.5. The SMILES string of the molecule is CN(Cc1nc(-c2ccco2)no1)Cc1nc2ccccc2n1C. The Kier molecular flexibility index (Phi) is 3.62. The molecule has 0 N–H and O–H groups in total. The summed E-state index contributed by atoms with van der Waals surface area (Å²) >= 11 is 0. The van der Waals surface area contributed by atoms with Crippen LogP contribution < -0.4 is 0 Å². The van der Waals surface area contributed by atoms with Crippen molar-refractivity contribution in [3.05, 3.63) is 54.4 Å². The summed E-state index contributed by atoms with van der Waals surface area (Å²) in [6.07, 6.45) is 1.59. The zero-order valence-electron chi connectivity index (χ0n) is 13.5. The van der Waals surface area contributed by atoms with Gasteiger partial charge >= 0.3 is 0 Å². The molecule has 7 heteroatoms. The standard InChI is InChI=1S/C17H17N5O2/c1-21(10-15-18-12-6-3-4-7-13(12)22(15)2)11-16-19-17(20-24-16)14-8-5-9-23-14/h3-9H,10-11H2,1-2H3. The fourth-order valence-corrected chi connectivity index (χ4v) is 2.69. The van der Waals surface area contributed by atoms with E-state index in [0.29, 0.717) is 30.6 Å². The molecular weight excluding hydrogens is 306 g/mol. The molecule has 0 aliphatic carbocycles. The zero-order chi connectivity index (χ0) is 16.5. The predicted molar refractivity (Wildman–Crippen MR) is 87.9 cm³/mol. The van der Waals surface area contributed by atoms with Crippen molar-refractivity contribution < 1.29 is 8.94 Å². The molecule has 0 bridgehead atoms. The summed E-state index contributed by atoms with van der Waals surface area (Å²) in [4.78, 5) is 11.1. The van der Waals surface area contributed by atoms with Crippen LogP contribution in [0.5, 0.6) is 0 Å². The number of furan rings is 1. The number of aryl methyl sites for hydroxylation is 1. The molecular formula is C17H17N5O2. The minimum absolute atomic E-state index is 0.464. The van der Waals surface area contributed by atoms with Crippen LogP contribution in [0, 0.1) is 0 Å². The number of aromatic nitrogens is 4. The second-order valence-corrected chi connectivity index (χ2v) is 5.74. The van der Waals surface area contributed by atoms with Crippen LogP contribution in [0.1, 0.15) is 11.7 Å². The maximum atomic E-state index is 5.30. The second-order valence-electron chi connectivity index (χ2n) is 5.74. The molecule has 0 amide bonds. The Labute approximate surface area is 138 Å². The average Bonchev–Trinajstić information content (AvgIpc) is 3.29. The summed E-state index contributed by atoms with van der Waals surface area (Å²) in [6.45, 7) is 1.22. The van der Waals surface area contributed by atoms with Gasteiger partial charge in [0.25, 0.3) is 0 Å². The lowest BCUT2D eigenvalue weighted by Gasteiger charge is -2.13. The molecule has 0 radical (unpaired) electrons. The first-order valence-electron chi connectivity index (χ1n) is 7.66. The molecule has 0 spiro atoms. The molecule has 7 nitrogen and oxygen atoms in total. The van der Waals surface area contributed by atoms with Gasteiger partial charge in [0.05, 0.1) is 30.4 Å². The van der Waals surface area contributed by atoms with E-state index in [2.05, 4.69) is 30.7 Å². The Hall–Kier alpha value is -2.93. The normalized spacial score (nSPS) is 11.6. The monoisotopic (exact) mass is 323 g/mol. The van der Waals surface area contributed by atoms with E-state index >= 15 is 0 Å². The van der Waals surface area contributed by atoms with Crippen LogP contribution in [0.25, 0.3) is 22.6 Å². The van der Waals surface area contributed by atoms with Crippen LogP contribution in [0.3, 0.4) is 0 Å². The van der Waals surface area contributed by atoms with Crippen LogP contribution in [0.15, 0.2) is 51.6 Å². The molecule has 0 saturated heterocycles. The first-order chi connectivity index (χ1) is 11.7. The van der Waals surface area contributed by atoms with Crippen molar-refractivity contribution in [2.45, 2.75) is 13.1 Å². The van der Waals surface area contributed by atoms with Gasteiger partial charge < -0.3 is 13.5 Å². The van der Waals surface area contributed by atoms with Crippen molar-refractivity contribution in [3.63, 3.8) is 0 Å². The number of rotatable bonds is 5. The van der Waals surface area contributed by atoms with Crippen LogP contribution in [-0.2, 0) is 20.1 Å². The number of hydrogen-bond acceptors (Lipinski definition) is 6. The minimum atomic E-state index is 0.464. The number of benzene rings is 1. The molecule has 0 aliphatic heterocycles. The summed E-state index contributed by atoms with van der Waals surface area (Å²) in [6, 6.07) is 11.7. The number of fused-ring (bicyclic) bond motifs is 1. The number of para-hydroxylation sites is 2. The molecule has 122 valence electrons. The third-order valence-corrected chi connectivity index (χ3v) is 3.91. The lowest BCUT2D eigenvalue weighted by Crippen LogP contribution is -2.19. The van der Waals surface area contributed by atoms with Gasteiger partial charge in [-0.05, 0) is 31.3 Å². The van der Waals surface area contributed by atoms with Gasteiger partial charge in [-0.1, -0.05) is 17.3 Å². The molecule has 1 aromatic carbocycles. The van der Waals surface area contributed by atoms with Crippen LogP contribution in [-0.4, -0.2) is 31.6 Å². The summed E-state index contributed by atoms with van der Waals surface area (Å²) in [5, 5.41) is 3.94. The van der Waals surface area contributed by atoms with E-state index in [1.165, 1.54) is 0 Å². The van der Waals surface area contributed by atoms with Gasteiger partial charge in [-0.2, -0.15) is 4.98 Å². The number of nitrogens with zero attached hydrogens (tertiary/aromatic N) is 5. The fourth-order valence-electron chi connectivity index (χ4n) is 2.69. The van der Waals surface area contributed by atoms with E-state index in [9.17, 15) is 0 Å². The largest absolute Gasteiger partial charge is 0.461 e. The topological polar surface area (TPSA) is 73.1 Å². The maximum Gasteiger partial charge on any atom is 0.241 e. The van der Waals surface area contributed by atoms with Gasteiger partial charge in [0, 0.05) is 7.05 Å². The fraction of sp³-hybridized carbons (Fsp3) is 0.235. The molecule has 3 heterocycles. The van der Waals surface area contributed by atoms with Gasteiger partial charge in [0.15, 0.2) is 5.76 Å². The Morgan fingerprint density at radius 3 is 2.75 bits per heavy atom. The molecule has 4 rings (SSSR count). The average molecular weight is 323 g/mol. The van der Waals surface area contributed by atoms with E-state index in [0.717, 1.165) is 16.9 Å². The molecule has 0 saturated carbocycles. The second kappa shape index (κ2) is 5.93. The molecule has 3 aromatic heterocycles. The van der Waals surface area contributed by atoms with Crippen molar-refractivity contribution in [1.29, 1.82) is 0 Å². The summed E-state index contributed by atoms with van der Waals surface area (Å²) in [5.74, 6) is 2.60. The predicted octanol–water partition coefficient (Wildman–Crippen LogP) is 2.85. The Morgan fingerprint density at radius 1 is 1.08 bits per heavy atom. The first kappa shape index (κ1) is 14.6. The highest BCUT2D eigenvalue weighted by atomic mass is 16.5. The van der Waals surface area contributed by atoms with Crippen molar-refractivity contribution in [3.8, 4) is 11.6 Å². The highest BCUT2D eigenvalue weighted by molar-refractivity contribution is 5.75. The van der Waals surface area contributed by atoms with Gasteiger partial charge in [-0.15, -0.1) is 0 Å². The third kappa shape index (κ3) is 2.69. The van der Waals surface area contributed by atoms with Gasteiger partial charge in [0.1, 0.15) is 5.82 Å². The lowest BCUT2D eigenvalue weighted by molar-refractivity contribution is 0.254. The summed E-state index contributed by atoms with van der Waals surface area (Å²) in [5.41, 5.74) is 2.13. The first-order valence-corrected chi connectivity index (χ1v) is 7.66. The highest BCUT2D eigenvalue weighted by Gasteiger charge is 2.14. The minimum Gasteiger partial charge on any atom is -0.461 e. The van der Waals surface area contributed by atoms with Gasteiger partial charge in [-0.3, -0.25) is 4.90 Å². The Balaban J connectivity index is 1.48. The van der Waals surface area contributed by atoms with E-state index in [1.807, 2.05) is 32.3 Å². The van der Waals surface area contributed by atoms with Crippen molar-refractivity contribution in [2.24, 2.45) is 7.05 Å². The lowest BCUT2D eigenvalue weighted by atomic mass is 10.3. The molecule has 0 atom stereocenters. The summed E-state index contributed by atoms with van der Waals surface area (Å²) < 4.78 is 12.7. The van der Waals surface area contributed by atoms with Crippen LogP contribution in [0.2, 0.25) is 0 Å². The van der Waals surface area contributed by atoms with Crippen molar-refractivity contribution in [2.75, 3.05) is 7.05 Å². The quantitative estimate of drug-likeness (QED) is 0.562. The Bertz CT molecular complexity index is 955. The number of hydrogen-bond donors (Lipinski definition) is 0. The van der Waals surface area contributed by atoms with Gasteiger partial charge in [0.2, 0.25) is 11.7 Å². The Morgan fingerprint density at radius 2 is 1.96 bits per heavy atom. The third-order valence-electron chi connectivity index (χ3n) is 3.91. The molecule has 0 fully saturated rings. The smallest absolute Gasteiger partial charge is 0.241 e. The van der Waals surface area contributed by atoms with Crippen LogP contribution >= 0.6 is 0 Å². The highest BCUT2D eigenvalue weighted by Crippen LogP contribution is 2.18. The van der Waals surface area contributed by atoms with Gasteiger partial charge in [-0.25, -0.2) is 4.98 Å². The summed E-state index contributed by atoms with van der Waals surface area (Å²) in [7, 11) is 4.02. The molecule has 0 aliphatic rings. The van der Waals surface area contributed by atoms with E-state index in [4.69, 9.17) is 8.94 Å². The van der Waals surface area contributed by atoms with E-state index in [-0.39, 0.29) is 0 Å². The molecule has 4 aromatic rings. The van der Waals surface area contributed by atoms with E-state index < -0.39 is 0 Å².